The Hall–Kier alpha value is -2.03. The molecule has 88 valence electrons. The minimum Gasteiger partial charge on any atom is -0.508 e. The molecule has 1 N–H and O–H groups in total. The first-order valence-corrected chi connectivity index (χ1v) is 5.25. The van der Waals surface area contributed by atoms with Crippen LogP contribution in [0.15, 0.2) is 36.4 Å². The van der Waals surface area contributed by atoms with Crippen LogP contribution in [-0.4, -0.2) is 12.2 Å². The van der Waals surface area contributed by atoms with Gasteiger partial charge in [-0.15, -0.1) is 0 Å². The average Bonchev–Trinajstić information content (AvgIpc) is 2.33. The number of aromatic hydroxyl groups is 1. The van der Waals surface area contributed by atoms with Crippen LogP contribution < -0.4 is 4.74 Å². The summed E-state index contributed by atoms with van der Waals surface area (Å²) in [6, 6.07) is 9.34. The molecule has 3 heteroatoms. The molecule has 0 saturated heterocycles. The summed E-state index contributed by atoms with van der Waals surface area (Å²) in [5.41, 5.74) is 2.59. The highest BCUT2D eigenvalue weighted by molar-refractivity contribution is 5.71. The molecular formula is C14H13FO2. The summed E-state index contributed by atoms with van der Waals surface area (Å²) in [4.78, 5) is 0. The number of methoxy groups -OCH3 is 1. The molecule has 0 aliphatic rings. The Morgan fingerprint density at radius 2 is 1.76 bits per heavy atom. The van der Waals surface area contributed by atoms with Crippen LogP contribution in [0.4, 0.5) is 4.39 Å². The lowest BCUT2D eigenvalue weighted by atomic mass is 9.99. The molecule has 0 aromatic heterocycles. The van der Waals surface area contributed by atoms with Crippen LogP contribution in [0.3, 0.4) is 0 Å². The van der Waals surface area contributed by atoms with Crippen molar-refractivity contribution in [1.82, 2.24) is 0 Å². The summed E-state index contributed by atoms with van der Waals surface area (Å²) in [7, 11) is 1.55. The van der Waals surface area contributed by atoms with Gasteiger partial charge in [-0.1, -0.05) is 12.1 Å². The maximum absolute atomic E-state index is 12.9. The second-order valence-electron chi connectivity index (χ2n) is 3.83. The van der Waals surface area contributed by atoms with Gasteiger partial charge in [-0.25, -0.2) is 4.39 Å². The molecular weight excluding hydrogens is 219 g/mol. The fourth-order valence-electron chi connectivity index (χ4n) is 1.81. The molecule has 2 rings (SSSR count). The number of hydrogen-bond acceptors (Lipinski definition) is 2. The number of benzene rings is 2. The first kappa shape index (κ1) is 11.5. The first-order valence-electron chi connectivity index (χ1n) is 5.25. The minimum absolute atomic E-state index is 0.131. The molecule has 0 saturated carbocycles. The zero-order chi connectivity index (χ0) is 12.4. The lowest BCUT2D eigenvalue weighted by Crippen LogP contribution is -1.90. The van der Waals surface area contributed by atoms with Crippen molar-refractivity contribution in [3.8, 4) is 22.6 Å². The van der Waals surface area contributed by atoms with Crippen LogP contribution in [0, 0.1) is 12.7 Å². The number of ether oxygens (including phenoxy) is 1. The maximum atomic E-state index is 12.9. The number of halogens is 1. The predicted octanol–water partition coefficient (Wildman–Crippen LogP) is 3.52. The van der Waals surface area contributed by atoms with Crippen molar-refractivity contribution in [2.24, 2.45) is 0 Å². The van der Waals surface area contributed by atoms with Crippen LogP contribution in [-0.2, 0) is 0 Å². The Balaban J connectivity index is 2.58. The summed E-state index contributed by atoms with van der Waals surface area (Å²) in [6.45, 7) is 1.90. The van der Waals surface area contributed by atoms with Gasteiger partial charge in [-0.05, 0) is 41.8 Å². The van der Waals surface area contributed by atoms with Gasteiger partial charge in [0.2, 0.25) is 0 Å². The highest BCUT2D eigenvalue weighted by Gasteiger charge is 2.09. The molecule has 0 atom stereocenters. The summed E-state index contributed by atoms with van der Waals surface area (Å²) in [6.07, 6.45) is 0. The molecule has 0 bridgehead atoms. The van der Waals surface area contributed by atoms with Crippen molar-refractivity contribution in [3.63, 3.8) is 0 Å². The van der Waals surface area contributed by atoms with Crippen molar-refractivity contribution in [2.45, 2.75) is 6.92 Å². The molecule has 0 amide bonds. The van der Waals surface area contributed by atoms with Crippen molar-refractivity contribution in [3.05, 3.63) is 47.8 Å². The highest BCUT2D eigenvalue weighted by atomic mass is 19.1. The van der Waals surface area contributed by atoms with Crippen molar-refractivity contribution >= 4 is 0 Å². The van der Waals surface area contributed by atoms with Gasteiger partial charge in [0.05, 0.1) is 7.11 Å². The van der Waals surface area contributed by atoms with E-state index in [2.05, 4.69) is 0 Å². The molecule has 0 unspecified atom stereocenters. The monoisotopic (exact) mass is 232 g/mol. The van der Waals surface area contributed by atoms with Gasteiger partial charge in [0.25, 0.3) is 0 Å². The van der Waals surface area contributed by atoms with E-state index in [9.17, 15) is 9.50 Å². The van der Waals surface area contributed by atoms with Gasteiger partial charge >= 0.3 is 0 Å². The van der Waals surface area contributed by atoms with E-state index in [1.54, 1.807) is 31.4 Å². The second-order valence-corrected chi connectivity index (χ2v) is 3.83. The Kier molecular flexibility index (Phi) is 3.00. The quantitative estimate of drug-likeness (QED) is 0.858. The molecule has 0 radical (unpaired) electrons. The molecule has 0 heterocycles. The van der Waals surface area contributed by atoms with Crippen LogP contribution in [0.5, 0.6) is 11.5 Å². The average molecular weight is 232 g/mol. The fourth-order valence-corrected chi connectivity index (χ4v) is 1.81. The first-order chi connectivity index (χ1) is 8.11. The van der Waals surface area contributed by atoms with Crippen LogP contribution in [0.1, 0.15) is 5.56 Å². The zero-order valence-electron chi connectivity index (χ0n) is 9.70. The molecule has 0 aliphatic heterocycles. The van der Waals surface area contributed by atoms with E-state index in [-0.39, 0.29) is 11.6 Å². The summed E-state index contributed by atoms with van der Waals surface area (Å²) < 4.78 is 18.0. The molecule has 2 nitrogen and oxygen atoms in total. The van der Waals surface area contributed by atoms with E-state index in [1.807, 2.05) is 6.92 Å². The Morgan fingerprint density at radius 3 is 2.35 bits per heavy atom. The number of rotatable bonds is 2. The van der Waals surface area contributed by atoms with E-state index in [1.165, 1.54) is 12.1 Å². The van der Waals surface area contributed by atoms with E-state index >= 15 is 0 Å². The molecule has 17 heavy (non-hydrogen) atoms. The lowest BCUT2D eigenvalue weighted by Gasteiger charge is -2.11. The molecule has 0 fully saturated rings. The molecule has 0 spiro atoms. The van der Waals surface area contributed by atoms with Gasteiger partial charge in [0.15, 0.2) is 0 Å². The zero-order valence-corrected chi connectivity index (χ0v) is 9.70. The van der Waals surface area contributed by atoms with Gasteiger partial charge in [0.1, 0.15) is 17.3 Å². The number of phenols is 1. The van der Waals surface area contributed by atoms with Crippen molar-refractivity contribution < 1.29 is 14.2 Å². The Morgan fingerprint density at radius 1 is 1.12 bits per heavy atom. The molecule has 0 aliphatic carbocycles. The minimum atomic E-state index is -0.279. The maximum Gasteiger partial charge on any atom is 0.126 e. The van der Waals surface area contributed by atoms with E-state index < -0.39 is 0 Å². The SMILES string of the molecule is COc1cc(O)cc(-c2ccc(F)cc2)c1C. The Labute approximate surface area is 99.3 Å². The molecule has 2 aromatic rings. The summed E-state index contributed by atoms with van der Waals surface area (Å²) >= 11 is 0. The van der Waals surface area contributed by atoms with E-state index in [4.69, 9.17) is 4.74 Å². The summed E-state index contributed by atoms with van der Waals surface area (Å²) in [5, 5.41) is 9.61. The van der Waals surface area contributed by atoms with E-state index in [0.717, 1.165) is 16.7 Å². The van der Waals surface area contributed by atoms with Gasteiger partial charge in [0, 0.05) is 6.07 Å². The van der Waals surface area contributed by atoms with Gasteiger partial charge in [-0.2, -0.15) is 0 Å². The topological polar surface area (TPSA) is 29.5 Å². The predicted molar refractivity (Wildman–Crippen MR) is 64.8 cm³/mol. The van der Waals surface area contributed by atoms with Crippen molar-refractivity contribution in [1.29, 1.82) is 0 Å². The third kappa shape index (κ3) is 2.23. The molecule has 2 aromatic carbocycles. The highest BCUT2D eigenvalue weighted by Crippen LogP contribution is 2.34. The largest absolute Gasteiger partial charge is 0.508 e. The smallest absolute Gasteiger partial charge is 0.126 e. The standard InChI is InChI=1S/C14H13FO2/c1-9-13(7-12(16)8-14(9)17-2)10-3-5-11(15)6-4-10/h3-8,16H,1-2H3. The normalized spacial score (nSPS) is 10.3. The van der Waals surface area contributed by atoms with E-state index in [0.29, 0.717) is 5.75 Å². The van der Waals surface area contributed by atoms with Crippen LogP contribution in [0.2, 0.25) is 0 Å². The fraction of sp³-hybridized carbons (Fsp3) is 0.143. The lowest BCUT2D eigenvalue weighted by molar-refractivity contribution is 0.405. The van der Waals surface area contributed by atoms with Crippen LogP contribution >= 0.6 is 0 Å². The summed E-state index contributed by atoms with van der Waals surface area (Å²) in [5.74, 6) is 0.467. The van der Waals surface area contributed by atoms with Crippen LogP contribution in [0.25, 0.3) is 11.1 Å². The number of phenolic OH excluding ortho intramolecular Hbond substituents is 1. The van der Waals surface area contributed by atoms with Gasteiger partial charge in [-0.3, -0.25) is 0 Å². The third-order valence-electron chi connectivity index (χ3n) is 2.72. The number of hydrogen-bond donors (Lipinski definition) is 1. The Bertz CT molecular complexity index is 533. The third-order valence-corrected chi connectivity index (χ3v) is 2.72. The van der Waals surface area contributed by atoms with Gasteiger partial charge < -0.3 is 9.84 Å². The second kappa shape index (κ2) is 4.45. The van der Waals surface area contributed by atoms with Crippen molar-refractivity contribution in [2.75, 3.05) is 7.11 Å².